The van der Waals surface area contributed by atoms with E-state index in [9.17, 15) is 22.8 Å². The fourth-order valence-electron chi connectivity index (χ4n) is 4.24. The summed E-state index contributed by atoms with van der Waals surface area (Å²) in [6.45, 7) is 0.596. The maximum absolute atomic E-state index is 13.1. The number of nitrogens with one attached hydrogen (secondary N) is 1. The minimum atomic E-state index is -4.53. The van der Waals surface area contributed by atoms with Gasteiger partial charge in [-0.1, -0.05) is 84.9 Å². The van der Waals surface area contributed by atoms with Gasteiger partial charge in [-0.3, -0.25) is 4.79 Å². The van der Waals surface area contributed by atoms with Crippen LogP contribution in [0.4, 0.5) is 13.2 Å². The van der Waals surface area contributed by atoms with E-state index in [1.807, 2.05) is 60.7 Å². The molecule has 0 bridgehead atoms. The van der Waals surface area contributed by atoms with Crippen molar-refractivity contribution in [3.63, 3.8) is 0 Å². The molecule has 6 nitrogen and oxygen atoms in total. The lowest BCUT2D eigenvalue weighted by atomic mass is 10.0. The molecule has 0 unspecified atom stereocenters. The maximum atomic E-state index is 13.1. The quantitative estimate of drug-likeness (QED) is 0.200. The molecule has 4 aromatic carbocycles. The van der Waals surface area contributed by atoms with Crippen LogP contribution >= 0.6 is 0 Å². The van der Waals surface area contributed by atoms with Crippen molar-refractivity contribution in [3.05, 3.63) is 131 Å². The molecule has 0 spiro atoms. The Balaban J connectivity index is 1.50. The average Bonchev–Trinajstić information content (AvgIpc) is 2.99. The van der Waals surface area contributed by atoms with Crippen molar-refractivity contribution < 1.29 is 37.0 Å². The summed E-state index contributed by atoms with van der Waals surface area (Å²) in [5, 5.41) is 2.59. The van der Waals surface area contributed by atoms with Crippen LogP contribution in [0.3, 0.4) is 0 Å². The molecular weight excluding hydrogens is 547 g/mol. The van der Waals surface area contributed by atoms with Crippen molar-refractivity contribution in [2.75, 3.05) is 7.11 Å². The molecule has 4 rings (SSSR count). The predicted octanol–water partition coefficient (Wildman–Crippen LogP) is 6.31. The molecule has 0 aliphatic rings. The second-order valence-electron chi connectivity index (χ2n) is 9.55. The van der Waals surface area contributed by atoms with Gasteiger partial charge in [-0.05, 0) is 40.5 Å². The molecule has 0 radical (unpaired) electrons. The highest BCUT2D eigenvalue weighted by molar-refractivity contribution is 5.85. The van der Waals surface area contributed by atoms with Crippen molar-refractivity contribution in [3.8, 4) is 11.5 Å². The normalized spacial score (nSPS) is 11.8. The van der Waals surface area contributed by atoms with E-state index in [4.69, 9.17) is 14.2 Å². The van der Waals surface area contributed by atoms with Crippen molar-refractivity contribution in [2.45, 2.75) is 38.3 Å². The molecule has 4 aromatic rings. The average molecular weight is 578 g/mol. The van der Waals surface area contributed by atoms with Gasteiger partial charge in [-0.2, -0.15) is 13.2 Å². The van der Waals surface area contributed by atoms with Crippen LogP contribution in [0, 0.1) is 0 Å². The molecule has 42 heavy (non-hydrogen) atoms. The van der Waals surface area contributed by atoms with Gasteiger partial charge in [-0.25, -0.2) is 4.79 Å². The number of alkyl halides is 3. The smallest absolute Gasteiger partial charge is 0.416 e. The first kappa shape index (κ1) is 30.2. The summed E-state index contributed by atoms with van der Waals surface area (Å²) < 4.78 is 56.3. The molecule has 1 atom stereocenters. The number of rotatable bonds is 12. The number of halogens is 3. The Hall–Kier alpha value is -4.79. The zero-order valence-electron chi connectivity index (χ0n) is 22.9. The first-order chi connectivity index (χ1) is 20.2. The van der Waals surface area contributed by atoms with Gasteiger partial charge in [-0.15, -0.1) is 0 Å². The number of ether oxygens (including phenoxy) is 3. The van der Waals surface area contributed by atoms with Crippen LogP contribution in [0.5, 0.6) is 11.5 Å². The number of hydrogen-bond donors (Lipinski definition) is 1. The monoisotopic (exact) mass is 577 g/mol. The molecule has 9 heteroatoms. The number of carbonyl (C=O) groups excluding carboxylic acids is 2. The molecule has 0 aromatic heterocycles. The van der Waals surface area contributed by atoms with Crippen molar-refractivity contribution in [2.24, 2.45) is 0 Å². The highest BCUT2D eigenvalue weighted by Gasteiger charge is 2.30. The Morgan fingerprint density at radius 1 is 0.714 bits per heavy atom. The van der Waals surface area contributed by atoms with Crippen LogP contribution in [0.25, 0.3) is 0 Å². The van der Waals surface area contributed by atoms with Crippen LogP contribution in [-0.2, 0) is 46.6 Å². The maximum Gasteiger partial charge on any atom is 0.416 e. The molecule has 218 valence electrons. The van der Waals surface area contributed by atoms with Gasteiger partial charge in [0.2, 0.25) is 5.91 Å². The lowest BCUT2D eigenvalue weighted by Gasteiger charge is -2.19. The Labute approximate surface area is 242 Å². The van der Waals surface area contributed by atoms with Crippen LogP contribution in [-0.4, -0.2) is 25.0 Å². The van der Waals surface area contributed by atoms with Crippen molar-refractivity contribution in [1.29, 1.82) is 0 Å². The molecular formula is C33H30F3NO5. The second kappa shape index (κ2) is 14.2. The fourth-order valence-corrected chi connectivity index (χ4v) is 4.24. The van der Waals surface area contributed by atoms with E-state index in [2.05, 4.69) is 5.32 Å². The van der Waals surface area contributed by atoms with Crippen LogP contribution < -0.4 is 14.8 Å². The summed E-state index contributed by atoms with van der Waals surface area (Å²) >= 11 is 0. The van der Waals surface area contributed by atoms with E-state index >= 15 is 0 Å². The first-order valence-corrected chi connectivity index (χ1v) is 13.2. The second-order valence-corrected chi connectivity index (χ2v) is 9.55. The van der Waals surface area contributed by atoms with E-state index < -0.39 is 29.7 Å². The molecule has 1 N–H and O–H groups in total. The Kier molecular flexibility index (Phi) is 10.2. The van der Waals surface area contributed by atoms with Gasteiger partial charge < -0.3 is 19.5 Å². The van der Waals surface area contributed by atoms with Gasteiger partial charge in [0.05, 0.1) is 19.1 Å². The summed E-state index contributed by atoms with van der Waals surface area (Å²) in [5.74, 6) is -0.357. The molecule has 0 heterocycles. The van der Waals surface area contributed by atoms with E-state index in [0.717, 1.165) is 23.3 Å². The minimum absolute atomic E-state index is 0.0572. The summed E-state index contributed by atoms with van der Waals surface area (Å²) in [4.78, 5) is 25.3. The van der Waals surface area contributed by atoms with Crippen LogP contribution in [0.1, 0.15) is 27.8 Å². The Morgan fingerprint density at radius 2 is 1.31 bits per heavy atom. The third kappa shape index (κ3) is 8.86. The third-order valence-electron chi connectivity index (χ3n) is 6.36. The number of carbonyl (C=O) groups is 2. The highest BCUT2D eigenvalue weighted by Crippen LogP contribution is 2.31. The lowest BCUT2D eigenvalue weighted by Crippen LogP contribution is -2.43. The molecule has 1 amide bonds. The SMILES string of the molecule is COC(=O)[C@@H](Cc1ccc(OCc2ccccc2)c(OCc2ccccc2)c1)NC(=O)Cc1cccc(C(F)(F)F)c1. The van der Waals surface area contributed by atoms with E-state index in [1.165, 1.54) is 19.2 Å². The van der Waals surface area contributed by atoms with Crippen LogP contribution in [0.15, 0.2) is 103 Å². The van der Waals surface area contributed by atoms with Gasteiger partial charge in [0, 0.05) is 6.42 Å². The Morgan fingerprint density at radius 3 is 1.90 bits per heavy atom. The van der Waals surface area contributed by atoms with E-state index in [-0.39, 0.29) is 25.0 Å². The predicted molar refractivity (Wildman–Crippen MR) is 151 cm³/mol. The molecule has 0 aliphatic carbocycles. The van der Waals surface area contributed by atoms with Gasteiger partial charge in [0.15, 0.2) is 11.5 Å². The van der Waals surface area contributed by atoms with E-state index in [0.29, 0.717) is 23.7 Å². The number of esters is 1. The summed E-state index contributed by atoms with van der Waals surface area (Å²) in [6, 6.07) is 27.9. The van der Waals surface area contributed by atoms with Crippen LogP contribution in [0.2, 0.25) is 0 Å². The first-order valence-electron chi connectivity index (χ1n) is 13.2. The molecule has 0 aliphatic heterocycles. The highest BCUT2D eigenvalue weighted by atomic mass is 19.4. The number of benzene rings is 4. The number of methoxy groups -OCH3 is 1. The number of hydrogen-bond acceptors (Lipinski definition) is 5. The van der Waals surface area contributed by atoms with Crippen molar-refractivity contribution in [1.82, 2.24) is 5.32 Å². The summed E-state index contributed by atoms with van der Waals surface area (Å²) in [6.07, 6.45) is -4.81. The Bertz CT molecular complexity index is 1480. The van der Waals surface area contributed by atoms with E-state index in [1.54, 1.807) is 18.2 Å². The number of amides is 1. The largest absolute Gasteiger partial charge is 0.485 e. The zero-order chi connectivity index (χ0) is 30.0. The third-order valence-corrected chi connectivity index (χ3v) is 6.36. The van der Waals surface area contributed by atoms with Crippen molar-refractivity contribution >= 4 is 11.9 Å². The van der Waals surface area contributed by atoms with Gasteiger partial charge >= 0.3 is 12.1 Å². The summed E-state index contributed by atoms with van der Waals surface area (Å²) in [7, 11) is 1.20. The lowest BCUT2D eigenvalue weighted by molar-refractivity contribution is -0.145. The minimum Gasteiger partial charge on any atom is -0.485 e. The topological polar surface area (TPSA) is 73.9 Å². The molecule has 0 saturated heterocycles. The zero-order valence-corrected chi connectivity index (χ0v) is 22.9. The molecule has 0 fully saturated rings. The standard InChI is InChI=1S/C33H30F3NO5/c1-40-32(39)28(37-31(38)20-25-13-8-14-27(17-25)33(34,35)36)18-26-15-16-29(41-21-23-9-4-2-5-10-23)30(19-26)42-22-24-11-6-3-7-12-24/h2-17,19,28H,18,20-22H2,1H3,(H,37,38)/t28-/m1/s1. The fraction of sp³-hybridized carbons (Fsp3) is 0.212. The summed E-state index contributed by atoms with van der Waals surface area (Å²) in [5.41, 5.74) is 1.90. The van der Waals surface area contributed by atoms with Gasteiger partial charge in [0.1, 0.15) is 19.3 Å². The van der Waals surface area contributed by atoms with Gasteiger partial charge in [0.25, 0.3) is 0 Å². The molecule has 0 saturated carbocycles.